The van der Waals surface area contributed by atoms with Gasteiger partial charge in [0.25, 0.3) is 0 Å². The molecule has 0 bridgehead atoms. The lowest BCUT2D eigenvalue weighted by atomic mass is 10.2. The molecule has 0 saturated heterocycles. The monoisotopic (exact) mass is 269 g/mol. The number of hydrogen-bond acceptors (Lipinski definition) is 4. The number of aryl methyl sites for hydroxylation is 2. The van der Waals surface area contributed by atoms with Crippen molar-refractivity contribution in [1.29, 1.82) is 5.26 Å². The first kappa shape index (κ1) is 14.1. The fraction of sp³-hybridized carbons (Fsp3) is 0.400. The van der Waals surface area contributed by atoms with E-state index in [9.17, 15) is 5.26 Å². The van der Waals surface area contributed by atoms with E-state index in [4.69, 9.17) is 0 Å². The van der Waals surface area contributed by atoms with Crippen molar-refractivity contribution in [3.8, 4) is 11.8 Å². The van der Waals surface area contributed by atoms with Crippen LogP contribution in [0.2, 0.25) is 0 Å². The zero-order valence-corrected chi connectivity index (χ0v) is 12.3. The maximum Gasteiger partial charge on any atom is 0.147 e. The average molecular weight is 269 g/mol. The molecule has 2 aromatic rings. The minimum Gasteiger partial charge on any atom is -0.368 e. The standard InChI is InChI=1S/C15H19N5/c1-5-10(2)18-15-7-6-13(9-17-15)20-12(4)19-11(3)14(20)8-16/h6-7,9-10H,5H2,1-4H3,(H,17,18). The molecule has 1 atom stereocenters. The van der Waals surface area contributed by atoms with Crippen molar-refractivity contribution in [2.24, 2.45) is 0 Å². The summed E-state index contributed by atoms with van der Waals surface area (Å²) in [4.78, 5) is 8.74. The second-order valence-electron chi connectivity index (χ2n) is 4.90. The van der Waals surface area contributed by atoms with Gasteiger partial charge in [-0.15, -0.1) is 0 Å². The topological polar surface area (TPSA) is 66.5 Å². The molecule has 0 amide bonds. The predicted molar refractivity (Wildman–Crippen MR) is 78.9 cm³/mol. The molecule has 0 aliphatic rings. The van der Waals surface area contributed by atoms with Gasteiger partial charge in [-0.2, -0.15) is 5.26 Å². The third-order valence-electron chi connectivity index (χ3n) is 3.34. The van der Waals surface area contributed by atoms with E-state index >= 15 is 0 Å². The molecule has 1 unspecified atom stereocenters. The second-order valence-corrected chi connectivity index (χ2v) is 4.90. The van der Waals surface area contributed by atoms with Crippen molar-refractivity contribution in [2.45, 2.75) is 40.2 Å². The van der Waals surface area contributed by atoms with Crippen LogP contribution in [0.25, 0.3) is 5.69 Å². The Balaban J connectivity index is 2.34. The molecular weight excluding hydrogens is 250 g/mol. The van der Waals surface area contributed by atoms with E-state index in [0.29, 0.717) is 11.7 Å². The Morgan fingerprint density at radius 1 is 1.40 bits per heavy atom. The average Bonchev–Trinajstić information content (AvgIpc) is 2.73. The third kappa shape index (κ3) is 2.64. The fourth-order valence-corrected chi connectivity index (χ4v) is 2.07. The van der Waals surface area contributed by atoms with Crippen molar-refractivity contribution in [3.63, 3.8) is 0 Å². The summed E-state index contributed by atoms with van der Waals surface area (Å²) in [6.45, 7) is 7.98. The molecule has 20 heavy (non-hydrogen) atoms. The molecule has 0 aliphatic carbocycles. The van der Waals surface area contributed by atoms with Crippen LogP contribution in [0.1, 0.15) is 37.5 Å². The number of imidazole rings is 1. The number of hydrogen-bond donors (Lipinski definition) is 1. The molecule has 0 fully saturated rings. The number of nitrogens with one attached hydrogen (secondary N) is 1. The second kappa shape index (κ2) is 5.74. The molecule has 2 aromatic heterocycles. The van der Waals surface area contributed by atoms with Crippen LogP contribution in [0.4, 0.5) is 5.82 Å². The lowest BCUT2D eigenvalue weighted by Crippen LogP contribution is -2.14. The van der Waals surface area contributed by atoms with Crippen LogP contribution in [-0.4, -0.2) is 20.6 Å². The highest BCUT2D eigenvalue weighted by Gasteiger charge is 2.13. The van der Waals surface area contributed by atoms with Gasteiger partial charge in [-0.1, -0.05) is 6.92 Å². The first-order valence-corrected chi connectivity index (χ1v) is 6.75. The first-order chi connectivity index (χ1) is 9.56. The van der Waals surface area contributed by atoms with Gasteiger partial charge < -0.3 is 5.32 Å². The molecule has 5 nitrogen and oxygen atoms in total. The van der Waals surface area contributed by atoms with E-state index in [1.54, 1.807) is 6.20 Å². The zero-order chi connectivity index (χ0) is 14.7. The Morgan fingerprint density at radius 3 is 2.70 bits per heavy atom. The smallest absolute Gasteiger partial charge is 0.147 e. The van der Waals surface area contributed by atoms with Gasteiger partial charge in [0.1, 0.15) is 23.4 Å². The van der Waals surface area contributed by atoms with Crippen molar-refractivity contribution in [3.05, 3.63) is 35.5 Å². The van der Waals surface area contributed by atoms with Crippen LogP contribution in [0.5, 0.6) is 0 Å². The summed E-state index contributed by atoms with van der Waals surface area (Å²) in [5.74, 6) is 1.64. The molecule has 2 heterocycles. The van der Waals surface area contributed by atoms with Gasteiger partial charge >= 0.3 is 0 Å². The number of aromatic nitrogens is 3. The SMILES string of the molecule is CCC(C)Nc1ccc(-n2c(C)nc(C)c2C#N)cn1. The molecule has 0 spiro atoms. The summed E-state index contributed by atoms with van der Waals surface area (Å²) >= 11 is 0. The number of pyridine rings is 1. The van der Waals surface area contributed by atoms with Gasteiger partial charge in [0.2, 0.25) is 0 Å². The molecular formula is C15H19N5. The summed E-state index contributed by atoms with van der Waals surface area (Å²) in [5.41, 5.74) is 2.16. The van der Waals surface area contributed by atoms with Crippen molar-refractivity contribution >= 4 is 5.82 Å². The van der Waals surface area contributed by atoms with Crippen LogP contribution in [-0.2, 0) is 0 Å². The minimum absolute atomic E-state index is 0.389. The highest BCUT2D eigenvalue weighted by atomic mass is 15.1. The molecule has 0 aliphatic heterocycles. The van der Waals surface area contributed by atoms with Gasteiger partial charge in [-0.3, -0.25) is 4.57 Å². The van der Waals surface area contributed by atoms with E-state index in [1.807, 2.05) is 30.5 Å². The summed E-state index contributed by atoms with van der Waals surface area (Å²) in [7, 11) is 0. The maximum absolute atomic E-state index is 9.24. The zero-order valence-electron chi connectivity index (χ0n) is 12.3. The maximum atomic E-state index is 9.24. The number of nitrogens with zero attached hydrogens (tertiary/aromatic N) is 4. The van der Waals surface area contributed by atoms with Gasteiger partial charge in [0.15, 0.2) is 0 Å². The molecule has 104 valence electrons. The molecule has 1 N–H and O–H groups in total. The fourth-order valence-electron chi connectivity index (χ4n) is 2.07. The minimum atomic E-state index is 0.389. The van der Waals surface area contributed by atoms with Gasteiger partial charge in [0.05, 0.1) is 17.6 Å². The summed E-state index contributed by atoms with van der Waals surface area (Å²) < 4.78 is 1.83. The number of nitriles is 1. The van der Waals surface area contributed by atoms with Crippen LogP contribution < -0.4 is 5.32 Å². The van der Waals surface area contributed by atoms with E-state index in [2.05, 4.69) is 35.2 Å². The van der Waals surface area contributed by atoms with Crippen molar-refractivity contribution < 1.29 is 0 Å². The van der Waals surface area contributed by atoms with E-state index < -0.39 is 0 Å². The van der Waals surface area contributed by atoms with Crippen LogP contribution in [0, 0.1) is 25.2 Å². The van der Waals surface area contributed by atoms with Crippen molar-refractivity contribution in [1.82, 2.24) is 14.5 Å². The normalized spacial score (nSPS) is 11.9. The lowest BCUT2D eigenvalue weighted by Gasteiger charge is -2.13. The highest BCUT2D eigenvalue weighted by molar-refractivity contribution is 5.45. The molecule has 5 heteroatoms. The Hall–Kier alpha value is -2.35. The Kier molecular flexibility index (Phi) is 4.04. The van der Waals surface area contributed by atoms with Crippen LogP contribution in [0.15, 0.2) is 18.3 Å². The van der Waals surface area contributed by atoms with Gasteiger partial charge in [0, 0.05) is 6.04 Å². The largest absolute Gasteiger partial charge is 0.368 e. The summed E-state index contributed by atoms with van der Waals surface area (Å²) in [5, 5.41) is 12.6. The number of rotatable bonds is 4. The van der Waals surface area contributed by atoms with Crippen molar-refractivity contribution in [2.75, 3.05) is 5.32 Å². The van der Waals surface area contributed by atoms with E-state index in [-0.39, 0.29) is 0 Å². The third-order valence-corrected chi connectivity index (χ3v) is 3.34. The lowest BCUT2D eigenvalue weighted by molar-refractivity contribution is 0.759. The van der Waals surface area contributed by atoms with Gasteiger partial charge in [-0.05, 0) is 39.3 Å². The van der Waals surface area contributed by atoms with Gasteiger partial charge in [-0.25, -0.2) is 9.97 Å². The Morgan fingerprint density at radius 2 is 2.15 bits per heavy atom. The molecule has 0 radical (unpaired) electrons. The summed E-state index contributed by atoms with van der Waals surface area (Å²) in [6, 6.07) is 6.46. The quantitative estimate of drug-likeness (QED) is 0.926. The molecule has 2 rings (SSSR count). The van der Waals surface area contributed by atoms with Crippen LogP contribution in [0.3, 0.4) is 0 Å². The predicted octanol–water partition coefficient (Wildman–Crippen LogP) is 2.97. The van der Waals surface area contributed by atoms with E-state index in [1.165, 1.54) is 0 Å². The first-order valence-electron chi connectivity index (χ1n) is 6.75. The molecule has 0 aromatic carbocycles. The summed E-state index contributed by atoms with van der Waals surface area (Å²) in [6.07, 6.45) is 2.81. The Labute approximate surface area is 119 Å². The Bertz CT molecular complexity index is 634. The van der Waals surface area contributed by atoms with E-state index in [0.717, 1.165) is 29.4 Å². The van der Waals surface area contributed by atoms with Crippen LogP contribution >= 0.6 is 0 Å². The highest BCUT2D eigenvalue weighted by Crippen LogP contribution is 2.18. The number of anilines is 1. The molecule has 0 saturated carbocycles.